The second kappa shape index (κ2) is 11.0. The molecule has 6 nitrogen and oxygen atoms in total. The van der Waals surface area contributed by atoms with Crippen LogP contribution in [0.15, 0.2) is 23.1 Å². The van der Waals surface area contributed by atoms with Gasteiger partial charge in [0.15, 0.2) is 8.32 Å². The predicted molar refractivity (Wildman–Crippen MR) is 145 cm³/mol. The third-order valence-electron chi connectivity index (χ3n) is 7.77. The van der Waals surface area contributed by atoms with Crippen LogP contribution in [0.4, 0.5) is 5.69 Å². The topological polar surface area (TPSA) is 65.4 Å². The van der Waals surface area contributed by atoms with Gasteiger partial charge in [0.05, 0.1) is 23.6 Å². The van der Waals surface area contributed by atoms with E-state index in [1.165, 1.54) is 0 Å². The lowest BCUT2D eigenvalue weighted by Crippen LogP contribution is -2.65. The first-order valence-electron chi connectivity index (χ1n) is 12.4. The number of thioether (sulfide) groups is 1. The number of halogens is 1. The highest BCUT2D eigenvalue weighted by molar-refractivity contribution is 8.00. The second-order valence-electron chi connectivity index (χ2n) is 11.0. The zero-order chi connectivity index (χ0) is 25.4. The minimum absolute atomic E-state index is 0.0510. The Hall–Kier alpha value is -0.323. The maximum absolute atomic E-state index is 11.2. The molecule has 0 bridgehead atoms. The molecule has 0 aromatic heterocycles. The fraction of sp³-hybridized carbons (Fsp3) is 0.760. The summed E-state index contributed by atoms with van der Waals surface area (Å²) in [6, 6.07) is 6.14. The van der Waals surface area contributed by atoms with Crippen molar-refractivity contribution in [2.24, 2.45) is 0 Å². The van der Waals surface area contributed by atoms with Crippen molar-refractivity contribution in [1.82, 2.24) is 4.90 Å². The molecule has 2 N–H and O–H groups in total. The molecule has 9 heteroatoms. The molecule has 1 saturated heterocycles. The van der Waals surface area contributed by atoms with Crippen LogP contribution in [0.25, 0.3) is 0 Å². The van der Waals surface area contributed by atoms with Gasteiger partial charge >= 0.3 is 0 Å². The van der Waals surface area contributed by atoms with Gasteiger partial charge in [0, 0.05) is 22.5 Å². The number of hydrogen-bond donors (Lipinski definition) is 2. The van der Waals surface area contributed by atoms with E-state index in [-0.39, 0.29) is 29.2 Å². The number of hydrogen-bond acceptors (Lipinski definition) is 7. The molecule has 3 rings (SSSR count). The van der Waals surface area contributed by atoms with Gasteiger partial charge in [-0.25, -0.2) is 0 Å². The van der Waals surface area contributed by atoms with E-state index in [2.05, 4.69) is 64.4 Å². The molecule has 1 fully saturated rings. The van der Waals surface area contributed by atoms with Crippen LogP contribution in [-0.2, 0) is 9.16 Å². The molecule has 0 spiro atoms. The maximum Gasteiger partial charge on any atom is 0.192 e. The molecule has 2 aliphatic rings. The Balaban J connectivity index is 1.90. The van der Waals surface area contributed by atoms with Crippen LogP contribution >= 0.6 is 23.4 Å². The molecular weight excluding hydrogens is 488 g/mol. The van der Waals surface area contributed by atoms with Gasteiger partial charge in [-0.15, -0.1) is 11.8 Å². The summed E-state index contributed by atoms with van der Waals surface area (Å²) in [6.45, 7) is 20.4. The Morgan fingerprint density at radius 3 is 2.44 bits per heavy atom. The molecule has 1 aromatic carbocycles. The number of rotatable bonds is 8. The smallest absolute Gasteiger partial charge is 0.192 e. The Morgan fingerprint density at radius 2 is 1.85 bits per heavy atom. The number of benzene rings is 1. The first-order chi connectivity index (χ1) is 15.8. The highest BCUT2D eigenvalue weighted by Crippen LogP contribution is 2.47. The normalized spacial score (nSPS) is 28.6. The Labute approximate surface area is 216 Å². The number of likely N-dealkylation sites (N-methyl/N-ethyl adjacent to an activating group) is 1. The third kappa shape index (κ3) is 5.80. The van der Waals surface area contributed by atoms with E-state index in [1.54, 1.807) is 11.8 Å². The summed E-state index contributed by atoms with van der Waals surface area (Å²) >= 11 is 7.96. The summed E-state index contributed by atoms with van der Waals surface area (Å²) in [7, 11) is -2.03. The van der Waals surface area contributed by atoms with E-state index in [0.29, 0.717) is 5.02 Å². The summed E-state index contributed by atoms with van der Waals surface area (Å²) in [5, 5.41) is 22.6. The zero-order valence-electron chi connectivity index (χ0n) is 21.9. The van der Waals surface area contributed by atoms with Crippen LogP contribution < -0.4 is 4.90 Å². The van der Waals surface area contributed by atoms with Crippen LogP contribution in [0, 0.1) is 0 Å². The highest BCUT2D eigenvalue weighted by atomic mass is 35.5. The summed E-state index contributed by atoms with van der Waals surface area (Å²) in [6.07, 6.45) is -2.92. The molecule has 0 saturated carbocycles. The SMILES string of the molecule is CCN(CC)C(C)CN1c2cc(Cl)ccc2S[C@H]2[C@@H](O)[C@H](O)[C@@H](CO[Si](C)(C)C(C)(C)C)O[C@H]21. The quantitative estimate of drug-likeness (QED) is 0.467. The fourth-order valence-corrected chi connectivity index (χ4v) is 7.04. The van der Waals surface area contributed by atoms with Crippen molar-refractivity contribution < 1.29 is 19.4 Å². The lowest BCUT2D eigenvalue weighted by atomic mass is 9.99. The average molecular weight is 531 g/mol. The molecule has 1 aromatic rings. The van der Waals surface area contributed by atoms with Crippen molar-refractivity contribution in [3.8, 4) is 0 Å². The minimum atomic E-state index is -2.03. The Morgan fingerprint density at radius 1 is 1.21 bits per heavy atom. The standard InChI is InChI=1S/C25H43ClN2O4SSi/c1-9-27(10-2)16(3)14-28-18-13-17(26)11-12-20(18)33-23-22(30)21(29)19(32-24(23)28)15-31-34(7,8)25(4,5)6/h11-13,16,19,21-24,29-30H,9-10,14-15H2,1-8H3/t16?,19-,21-,22+,23+,24-/m1/s1. The molecule has 0 radical (unpaired) electrons. The summed E-state index contributed by atoms with van der Waals surface area (Å²) < 4.78 is 13.0. The number of aliphatic hydroxyl groups excluding tert-OH is 2. The van der Waals surface area contributed by atoms with Gasteiger partial charge in [-0.05, 0) is 56.3 Å². The van der Waals surface area contributed by atoms with Gasteiger partial charge in [-0.1, -0.05) is 46.2 Å². The molecule has 0 amide bonds. The van der Waals surface area contributed by atoms with Crippen molar-refractivity contribution in [3.63, 3.8) is 0 Å². The number of ether oxygens (including phenoxy) is 1. The van der Waals surface area contributed by atoms with E-state index >= 15 is 0 Å². The predicted octanol–water partition coefficient (Wildman–Crippen LogP) is 4.82. The van der Waals surface area contributed by atoms with Crippen molar-refractivity contribution >= 4 is 37.4 Å². The largest absolute Gasteiger partial charge is 0.414 e. The summed E-state index contributed by atoms with van der Waals surface area (Å²) in [5.41, 5.74) is 1.02. The summed E-state index contributed by atoms with van der Waals surface area (Å²) in [4.78, 5) is 5.69. The van der Waals surface area contributed by atoms with Crippen LogP contribution in [0.2, 0.25) is 23.2 Å². The van der Waals surface area contributed by atoms with E-state index in [9.17, 15) is 10.2 Å². The third-order valence-corrected chi connectivity index (χ3v) is 13.9. The van der Waals surface area contributed by atoms with Crippen molar-refractivity contribution in [2.45, 2.75) is 100 Å². The number of aliphatic hydroxyl groups is 2. The highest BCUT2D eigenvalue weighted by Gasteiger charge is 2.51. The van der Waals surface area contributed by atoms with Crippen molar-refractivity contribution in [1.29, 1.82) is 0 Å². The Bertz CT molecular complexity index is 836. The van der Waals surface area contributed by atoms with Crippen molar-refractivity contribution in [3.05, 3.63) is 23.2 Å². The van der Waals surface area contributed by atoms with Gasteiger partial charge in [-0.3, -0.25) is 4.90 Å². The second-order valence-corrected chi connectivity index (χ2v) is 17.5. The molecule has 2 aliphatic heterocycles. The number of fused-ring (bicyclic) bond motifs is 2. The molecule has 34 heavy (non-hydrogen) atoms. The first-order valence-corrected chi connectivity index (χ1v) is 16.6. The molecule has 1 unspecified atom stereocenters. The van der Waals surface area contributed by atoms with E-state index < -0.39 is 26.6 Å². The van der Waals surface area contributed by atoms with Gasteiger partial charge in [0.2, 0.25) is 0 Å². The average Bonchev–Trinajstić information content (AvgIpc) is 2.76. The van der Waals surface area contributed by atoms with Crippen molar-refractivity contribution in [2.75, 3.05) is 31.1 Å². The monoisotopic (exact) mass is 530 g/mol. The van der Waals surface area contributed by atoms with E-state index in [1.807, 2.05) is 18.2 Å². The maximum atomic E-state index is 11.2. The van der Waals surface area contributed by atoms with Crippen LogP contribution in [-0.4, -0.2) is 85.5 Å². The zero-order valence-corrected chi connectivity index (χ0v) is 24.5. The Kier molecular flexibility index (Phi) is 9.11. The molecule has 0 aliphatic carbocycles. The lowest BCUT2D eigenvalue weighted by Gasteiger charge is -2.52. The summed E-state index contributed by atoms with van der Waals surface area (Å²) in [5.74, 6) is 0. The van der Waals surface area contributed by atoms with Crippen LogP contribution in [0.1, 0.15) is 41.5 Å². The minimum Gasteiger partial charge on any atom is -0.414 e. The number of nitrogens with zero attached hydrogens (tertiary/aromatic N) is 2. The molecule has 194 valence electrons. The van der Waals surface area contributed by atoms with Gasteiger partial charge in [0.1, 0.15) is 18.4 Å². The number of anilines is 1. The first kappa shape index (κ1) is 28.3. The van der Waals surface area contributed by atoms with Gasteiger partial charge < -0.3 is 24.3 Å². The fourth-order valence-electron chi connectivity index (χ4n) is 4.49. The van der Waals surface area contributed by atoms with E-state index in [4.69, 9.17) is 20.8 Å². The van der Waals surface area contributed by atoms with Gasteiger partial charge in [-0.2, -0.15) is 0 Å². The van der Waals surface area contributed by atoms with Crippen LogP contribution in [0.3, 0.4) is 0 Å². The molecule has 6 atom stereocenters. The van der Waals surface area contributed by atoms with Crippen LogP contribution in [0.5, 0.6) is 0 Å². The van der Waals surface area contributed by atoms with E-state index in [0.717, 1.165) is 30.2 Å². The van der Waals surface area contributed by atoms with Gasteiger partial charge in [0.25, 0.3) is 0 Å². The molecule has 2 heterocycles. The molecular formula is C25H43ClN2O4SSi. The lowest BCUT2D eigenvalue weighted by molar-refractivity contribution is -0.174.